The molecule has 1 aliphatic rings. The van der Waals surface area contributed by atoms with Gasteiger partial charge in [-0.2, -0.15) is 0 Å². The Bertz CT molecular complexity index is 349. The molecule has 1 fully saturated rings. The van der Waals surface area contributed by atoms with Crippen LogP contribution in [0.15, 0.2) is 30.3 Å². The summed E-state index contributed by atoms with van der Waals surface area (Å²) in [6.45, 7) is 6.98. The van der Waals surface area contributed by atoms with Gasteiger partial charge in [-0.1, -0.05) is 43.7 Å². The van der Waals surface area contributed by atoms with Crippen molar-refractivity contribution in [2.45, 2.75) is 39.2 Å². The lowest BCUT2D eigenvalue weighted by atomic mass is 9.76. The van der Waals surface area contributed by atoms with Crippen molar-refractivity contribution in [2.24, 2.45) is 5.41 Å². The Kier molecular flexibility index (Phi) is 5.41. The van der Waals surface area contributed by atoms with E-state index in [0.717, 1.165) is 6.54 Å². The summed E-state index contributed by atoms with van der Waals surface area (Å²) < 4.78 is 0. The maximum Gasteiger partial charge on any atom is 0.0230 e. The zero-order chi connectivity index (χ0) is 13.6. The highest BCUT2D eigenvalue weighted by Crippen LogP contribution is 2.32. The van der Waals surface area contributed by atoms with Crippen molar-refractivity contribution in [2.75, 3.05) is 26.7 Å². The summed E-state index contributed by atoms with van der Waals surface area (Å²) in [5.74, 6) is 0. The predicted molar refractivity (Wildman–Crippen MR) is 82.2 cm³/mol. The van der Waals surface area contributed by atoms with Gasteiger partial charge in [0, 0.05) is 19.6 Å². The zero-order valence-corrected chi connectivity index (χ0v) is 12.5. The van der Waals surface area contributed by atoms with Crippen LogP contribution in [0.25, 0.3) is 0 Å². The minimum atomic E-state index is 0.497. The van der Waals surface area contributed by atoms with E-state index < -0.39 is 0 Å². The Morgan fingerprint density at radius 3 is 2.68 bits per heavy atom. The third-order valence-corrected chi connectivity index (χ3v) is 4.24. The van der Waals surface area contributed by atoms with Gasteiger partial charge >= 0.3 is 0 Å². The van der Waals surface area contributed by atoms with Crippen LogP contribution in [0.4, 0.5) is 0 Å². The van der Waals surface area contributed by atoms with Crippen LogP contribution in [-0.2, 0) is 6.54 Å². The van der Waals surface area contributed by atoms with Crippen LogP contribution in [-0.4, -0.2) is 31.6 Å². The standard InChI is InChI=1S/C17H28N2/c1-3-10-17(11-7-12-18-14-17)15-19(2)13-16-8-5-4-6-9-16/h4-6,8-9,18H,3,7,10-15H2,1-2H3. The summed E-state index contributed by atoms with van der Waals surface area (Å²) in [5, 5.41) is 3.60. The fourth-order valence-corrected chi connectivity index (χ4v) is 3.51. The van der Waals surface area contributed by atoms with E-state index in [-0.39, 0.29) is 0 Å². The molecule has 0 radical (unpaired) electrons. The summed E-state index contributed by atoms with van der Waals surface area (Å²) in [6, 6.07) is 10.8. The Hall–Kier alpha value is -0.860. The molecule has 0 saturated carbocycles. The van der Waals surface area contributed by atoms with Gasteiger partial charge in [0.1, 0.15) is 0 Å². The van der Waals surface area contributed by atoms with Gasteiger partial charge in [0.25, 0.3) is 0 Å². The number of nitrogens with zero attached hydrogens (tertiary/aromatic N) is 1. The van der Waals surface area contributed by atoms with E-state index >= 15 is 0 Å². The first-order valence-electron chi connectivity index (χ1n) is 7.67. The van der Waals surface area contributed by atoms with Crippen LogP contribution in [0, 0.1) is 5.41 Å². The van der Waals surface area contributed by atoms with E-state index in [4.69, 9.17) is 0 Å². The van der Waals surface area contributed by atoms with Crippen LogP contribution in [0.5, 0.6) is 0 Å². The summed E-state index contributed by atoms with van der Waals surface area (Å²) >= 11 is 0. The highest BCUT2D eigenvalue weighted by molar-refractivity contribution is 5.14. The molecule has 1 saturated heterocycles. The second-order valence-corrected chi connectivity index (χ2v) is 6.19. The molecule has 1 aliphatic heterocycles. The SMILES string of the molecule is CCCC1(CN(C)Cc2ccccc2)CCCNC1. The van der Waals surface area contributed by atoms with Crippen molar-refractivity contribution < 1.29 is 0 Å². The molecule has 0 aliphatic carbocycles. The van der Waals surface area contributed by atoms with E-state index in [2.05, 4.69) is 54.5 Å². The molecule has 0 spiro atoms. The molecular formula is C17H28N2. The second-order valence-electron chi connectivity index (χ2n) is 6.19. The van der Waals surface area contributed by atoms with Crippen molar-refractivity contribution >= 4 is 0 Å². The predicted octanol–water partition coefficient (Wildman–Crippen LogP) is 3.29. The van der Waals surface area contributed by atoms with Crippen molar-refractivity contribution in [3.8, 4) is 0 Å². The summed E-state index contributed by atoms with van der Waals surface area (Å²) in [4.78, 5) is 2.50. The molecule has 19 heavy (non-hydrogen) atoms. The van der Waals surface area contributed by atoms with Crippen molar-refractivity contribution in [3.05, 3.63) is 35.9 Å². The molecule has 0 amide bonds. The van der Waals surface area contributed by atoms with Gasteiger partial charge in [0.05, 0.1) is 0 Å². The van der Waals surface area contributed by atoms with Gasteiger partial charge in [0.15, 0.2) is 0 Å². The second kappa shape index (κ2) is 7.06. The van der Waals surface area contributed by atoms with Crippen molar-refractivity contribution in [1.29, 1.82) is 0 Å². The Labute approximate surface area is 118 Å². The number of hydrogen-bond donors (Lipinski definition) is 1. The summed E-state index contributed by atoms with van der Waals surface area (Å²) in [5.41, 5.74) is 1.91. The van der Waals surface area contributed by atoms with E-state index in [1.54, 1.807) is 0 Å². The van der Waals surface area contributed by atoms with Crippen LogP contribution in [0.3, 0.4) is 0 Å². The first-order chi connectivity index (χ1) is 9.24. The summed E-state index contributed by atoms with van der Waals surface area (Å²) in [7, 11) is 2.26. The Balaban J connectivity index is 1.93. The van der Waals surface area contributed by atoms with Gasteiger partial charge < -0.3 is 10.2 Å². The molecule has 1 aromatic carbocycles. The van der Waals surface area contributed by atoms with Gasteiger partial charge in [-0.25, -0.2) is 0 Å². The van der Waals surface area contributed by atoms with Crippen molar-refractivity contribution in [3.63, 3.8) is 0 Å². The molecule has 2 nitrogen and oxygen atoms in total. The zero-order valence-electron chi connectivity index (χ0n) is 12.5. The molecule has 106 valence electrons. The molecule has 0 bridgehead atoms. The van der Waals surface area contributed by atoms with Crippen molar-refractivity contribution in [1.82, 2.24) is 10.2 Å². The van der Waals surface area contributed by atoms with E-state index in [1.165, 1.54) is 50.9 Å². The van der Waals surface area contributed by atoms with Gasteiger partial charge in [-0.15, -0.1) is 0 Å². The smallest absolute Gasteiger partial charge is 0.0230 e. The molecule has 1 unspecified atom stereocenters. The molecule has 1 aromatic rings. The minimum absolute atomic E-state index is 0.497. The van der Waals surface area contributed by atoms with Crippen LogP contribution in [0.2, 0.25) is 0 Å². The van der Waals surface area contributed by atoms with E-state index in [9.17, 15) is 0 Å². The highest BCUT2D eigenvalue weighted by Gasteiger charge is 2.32. The van der Waals surface area contributed by atoms with Gasteiger partial charge in [0.2, 0.25) is 0 Å². The first-order valence-corrected chi connectivity index (χ1v) is 7.67. The lowest BCUT2D eigenvalue weighted by Gasteiger charge is -2.40. The molecule has 0 aromatic heterocycles. The number of hydrogen-bond acceptors (Lipinski definition) is 2. The lowest BCUT2D eigenvalue weighted by Crippen LogP contribution is -2.46. The number of rotatable bonds is 6. The number of nitrogens with one attached hydrogen (secondary N) is 1. The van der Waals surface area contributed by atoms with Crippen LogP contribution in [0.1, 0.15) is 38.2 Å². The quantitative estimate of drug-likeness (QED) is 0.844. The molecule has 1 heterocycles. The summed E-state index contributed by atoms with van der Waals surface area (Å²) in [6.07, 6.45) is 5.35. The first kappa shape index (κ1) is 14.5. The molecule has 1 N–H and O–H groups in total. The topological polar surface area (TPSA) is 15.3 Å². The molecule has 1 atom stereocenters. The fraction of sp³-hybridized carbons (Fsp3) is 0.647. The average molecular weight is 260 g/mol. The minimum Gasteiger partial charge on any atom is -0.316 e. The van der Waals surface area contributed by atoms with E-state index in [1.807, 2.05) is 0 Å². The molecule has 2 rings (SSSR count). The average Bonchev–Trinajstić information content (AvgIpc) is 2.40. The Morgan fingerprint density at radius 2 is 2.05 bits per heavy atom. The maximum absolute atomic E-state index is 3.60. The largest absolute Gasteiger partial charge is 0.316 e. The monoisotopic (exact) mass is 260 g/mol. The highest BCUT2D eigenvalue weighted by atomic mass is 15.1. The molecular weight excluding hydrogens is 232 g/mol. The van der Waals surface area contributed by atoms with Gasteiger partial charge in [-0.05, 0) is 43.8 Å². The lowest BCUT2D eigenvalue weighted by molar-refractivity contribution is 0.118. The fourth-order valence-electron chi connectivity index (χ4n) is 3.51. The number of piperidine rings is 1. The Morgan fingerprint density at radius 1 is 1.26 bits per heavy atom. The van der Waals surface area contributed by atoms with Crippen LogP contribution >= 0.6 is 0 Å². The molecule has 2 heteroatoms. The third-order valence-electron chi connectivity index (χ3n) is 4.24. The maximum atomic E-state index is 3.60. The normalized spacial score (nSPS) is 23.7. The van der Waals surface area contributed by atoms with Crippen LogP contribution < -0.4 is 5.32 Å². The number of benzene rings is 1. The third kappa shape index (κ3) is 4.32. The van der Waals surface area contributed by atoms with E-state index in [0.29, 0.717) is 5.41 Å². The van der Waals surface area contributed by atoms with Gasteiger partial charge in [-0.3, -0.25) is 0 Å².